The van der Waals surface area contributed by atoms with Crippen molar-refractivity contribution in [1.29, 1.82) is 0 Å². The Morgan fingerprint density at radius 3 is 2.33 bits per heavy atom. The Morgan fingerprint density at radius 2 is 1.70 bits per heavy atom. The monoisotopic (exact) mass is 416 g/mol. The number of amides is 2. The highest BCUT2D eigenvalue weighted by Crippen LogP contribution is 2.35. The van der Waals surface area contributed by atoms with Gasteiger partial charge in [-0.2, -0.15) is 13.2 Å². The summed E-state index contributed by atoms with van der Waals surface area (Å²) >= 11 is 11.4. The maximum absolute atomic E-state index is 12.9. The van der Waals surface area contributed by atoms with Gasteiger partial charge >= 0.3 is 6.18 Å². The van der Waals surface area contributed by atoms with Crippen LogP contribution in [0.5, 0.6) is 0 Å². The highest BCUT2D eigenvalue weighted by molar-refractivity contribution is 6.31. The minimum Gasteiger partial charge on any atom is -0.325 e. The van der Waals surface area contributed by atoms with Crippen LogP contribution < -0.4 is 10.6 Å². The van der Waals surface area contributed by atoms with E-state index in [2.05, 4.69) is 10.6 Å². The lowest BCUT2D eigenvalue weighted by Crippen LogP contribution is -2.13. The van der Waals surface area contributed by atoms with Crippen LogP contribution in [-0.4, -0.2) is 11.8 Å². The normalized spacial score (nSPS) is 11.5. The van der Waals surface area contributed by atoms with Crippen LogP contribution in [-0.2, 0) is 15.8 Å². The molecule has 0 spiro atoms. The van der Waals surface area contributed by atoms with Crippen LogP contribution in [0.1, 0.15) is 18.1 Å². The van der Waals surface area contributed by atoms with Gasteiger partial charge in [-0.3, -0.25) is 9.59 Å². The van der Waals surface area contributed by atoms with E-state index in [-0.39, 0.29) is 17.2 Å². The number of alkyl halides is 3. The number of carbonyl (C=O) groups is 2. The third-order valence-electron chi connectivity index (χ3n) is 3.27. The van der Waals surface area contributed by atoms with Crippen LogP contribution in [0.3, 0.4) is 0 Å². The molecule has 2 N–H and O–H groups in total. The molecule has 0 saturated heterocycles. The molecule has 2 rings (SSSR count). The van der Waals surface area contributed by atoms with Crippen molar-refractivity contribution in [2.24, 2.45) is 0 Å². The molecule has 0 saturated carbocycles. The van der Waals surface area contributed by atoms with Gasteiger partial charge in [-0.1, -0.05) is 29.3 Å². The predicted octanol–water partition coefficient (Wildman–Crippen LogP) is 5.62. The van der Waals surface area contributed by atoms with Crippen molar-refractivity contribution in [3.8, 4) is 0 Å². The van der Waals surface area contributed by atoms with Gasteiger partial charge in [0.15, 0.2) is 0 Å². The molecule has 2 aromatic carbocycles. The van der Waals surface area contributed by atoms with E-state index in [1.54, 1.807) is 0 Å². The van der Waals surface area contributed by atoms with Crippen molar-refractivity contribution in [2.45, 2.75) is 13.1 Å². The summed E-state index contributed by atoms with van der Waals surface area (Å²) in [7, 11) is 0. The smallest absolute Gasteiger partial charge is 0.325 e. The lowest BCUT2D eigenvalue weighted by Gasteiger charge is -2.11. The number of carbonyl (C=O) groups excluding carboxylic acids is 2. The zero-order valence-electron chi connectivity index (χ0n) is 13.8. The number of hydrogen-bond donors (Lipinski definition) is 2. The summed E-state index contributed by atoms with van der Waals surface area (Å²) in [5.41, 5.74) is -0.261. The molecule has 27 heavy (non-hydrogen) atoms. The van der Waals surface area contributed by atoms with E-state index in [4.69, 9.17) is 23.2 Å². The maximum atomic E-state index is 12.9. The van der Waals surface area contributed by atoms with Crippen molar-refractivity contribution >= 4 is 52.5 Å². The number of hydrogen-bond acceptors (Lipinski definition) is 2. The van der Waals surface area contributed by atoms with E-state index in [0.717, 1.165) is 18.2 Å². The molecule has 142 valence electrons. The molecule has 0 atom stereocenters. The van der Waals surface area contributed by atoms with E-state index >= 15 is 0 Å². The fraction of sp³-hybridized carbons (Fsp3) is 0.111. The highest BCUT2D eigenvalue weighted by Gasteiger charge is 2.33. The van der Waals surface area contributed by atoms with E-state index in [1.807, 2.05) is 0 Å². The Balaban J connectivity index is 2.19. The number of halogens is 5. The predicted molar refractivity (Wildman–Crippen MR) is 99.9 cm³/mol. The van der Waals surface area contributed by atoms with Crippen LogP contribution in [0.25, 0.3) is 6.08 Å². The SMILES string of the molecule is CC(=O)Nc1ccc(Cl)cc1NC(=O)/C=C/c1ccc(Cl)c(C(F)(F)F)c1. The highest BCUT2D eigenvalue weighted by atomic mass is 35.5. The molecule has 0 aliphatic carbocycles. The van der Waals surface area contributed by atoms with Crippen molar-refractivity contribution in [3.05, 3.63) is 63.6 Å². The second kappa shape index (κ2) is 8.45. The first-order valence-corrected chi connectivity index (χ1v) is 8.25. The van der Waals surface area contributed by atoms with Crippen molar-refractivity contribution < 1.29 is 22.8 Å². The van der Waals surface area contributed by atoms with Gasteiger partial charge in [-0.05, 0) is 42.0 Å². The first kappa shape index (κ1) is 20.8. The Kier molecular flexibility index (Phi) is 6.51. The summed E-state index contributed by atoms with van der Waals surface area (Å²) in [6.45, 7) is 1.30. The third kappa shape index (κ3) is 6.01. The number of rotatable bonds is 4. The molecule has 2 amide bonds. The summed E-state index contributed by atoms with van der Waals surface area (Å²) in [5.74, 6) is -0.961. The molecule has 0 aromatic heterocycles. The number of nitrogens with one attached hydrogen (secondary N) is 2. The van der Waals surface area contributed by atoms with E-state index in [9.17, 15) is 22.8 Å². The lowest BCUT2D eigenvalue weighted by atomic mass is 10.1. The Hall–Kier alpha value is -2.51. The zero-order chi connectivity index (χ0) is 20.2. The Bertz CT molecular complexity index is 912. The summed E-state index contributed by atoms with van der Waals surface area (Å²) in [5, 5.41) is 4.95. The van der Waals surface area contributed by atoms with Crippen molar-refractivity contribution in [3.63, 3.8) is 0 Å². The Labute approximate surface area is 163 Å². The molecule has 0 aliphatic heterocycles. The van der Waals surface area contributed by atoms with Crippen LogP contribution >= 0.6 is 23.2 Å². The van der Waals surface area contributed by atoms with Gasteiger partial charge < -0.3 is 10.6 Å². The average molecular weight is 417 g/mol. The first-order valence-electron chi connectivity index (χ1n) is 7.49. The van der Waals surface area contributed by atoms with E-state index < -0.39 is 22.7 Å². The van der Waals surface area contributed by atoms with Crippen LogP contribution in [0.4, 0.5) is 24.5 Å². The third-order valence-corrected chi connectivity index (χ3v) is 3.84. The molecule has 2 aromatic rings. The van der Waals surface area contributed by atoms with E-state index in [0.29, 0.717) is 10.7 Å². The molecule has 0 unspecified atom stereocenters. The van der Waals surface area contributed by atoms with Gasteiger partial charge in [0.2, 0.25) is 11.8 Å². The summed E-state index contributed by atoms with van der Waals surface area (Å²) in [4.78, 5) is 23.3. The second-order valence-electron chi connectivity index (χ2n) is 5.43. The largest absolute Gasteiger partial charge is 0.417 e. The summed E-state index contributed by atoms with van der Waals surface area (Å²) in [6.07, 6.45) is -2.33. The minimum absolute atomic E-state index is 0.148. The average Bonchev–Trinajstić information content (AvgIpc) is 2.55. The topological polar surface area (TPSA) is 58.2 Å². The molecular formula is C18H13Cl2F3N2O2. The van der Waals surface area contributed by atoms with Crippen LogP contribution in [0.2, 0.25) is 10.0 Å². The van der Waals surface area contributed by atoms with E-state index in [1.165, 1.54) is 37.3 Å². The molecule has 0 bridgehead atoms. The van der Waals surface area contributed by atoms with Gasteiger partial charge in [0, 0.05) is 18.0 Å². The van der Waals surface area contributed by atoms with Crippen molar-refractivity contribution in [1.82, 2.24) is 0 Å². The van der Waals surface area contributed by atoms with Gasteiger partial charge in [-0.15, -0.1) is 0 Å². The molecule has 4 nitrogen and oxygen atoms in total. The standard InChI is InChI=1S/C18H13Cl2F3N2O2/c1-10(26)24-15-6-4-12(19)9-16(15)25-17(27)7-3-11-2-5-14(20)13(8-11)18(21,22)23/h2-9H,1H3,(H,24,26)(H,25,27)/b7-3+. The lowest BCUT2D eigenvalue weighted by molar-refractivity contribution is -0.137. The number of benzene rings is 2. The fourth-order valence-electron chi connectivity index (χ4n) is 2.13. The number of anilines is 2. The molecule has 0 radical (unpaired) electrons. The fourth-order valence-corrected chi connectivity index (χ4v) is 2.53. The Morgan fingerprint density at radius 1 is 1.00 bits per heavy atom. The van der Waals surface area contributed by atoms with Crippen LogP contribution in [0, 0.1) is 0 Å². The summed E-state index contributed by atoms with van der Waals surface area (Å²) < 4.78 is 38.6. The second-order valence-corrected chi connectivity index (χ2v) is 6.27. The van der Waals surface area contributed by atoms with Gasteiger partial charge in [0.05, 0.1) is 22.0 Å². The van der Waals surface area contributed by atoms with Gasteiger partial charge in [-0.25, -0.2) is 0 Å². The molecule has 0 aliphatic rings. The first-order chi connectivity index (χ1) is 12.6. The van der Waals surface area contributed by atoms with Gasteiger partial charge in [0.25, 0.3) is 0 Å². The summed E-state index contributed by atoms with van der Waals surface area (Å²) in [6, 6.07) is 7.77. The molecular weight excluding hydrogens is 404 g/mol. The quantitative estimate of drug-likeness (QED) is 0.635. The van der Waals surface area contributed by atoms with Crippen LogP contribution in [0.15, 0.2) is 42.5 Å². The zero-order valence-corrected chi connectivity index (χ0v) is 15.3. The molecule has 0 fully saturated rings. The van der Waals surface area contributed by atoms with Gasteiger partial charge in [0.1, 0.15) is 0 Å². The molecule has 9 heteroatoms. The van der Waals surface area contributed by atoms with Crippen molar-refractivity contribution in [2.75, 3.05) is 10.6 Å². The maximum Gasteiger partial charge on any atom is 0.417 e. The molecule has 0 heterocycles. The minimum atomic E-state index is -4.60.